The van der Waals surface area contributed by atoms with Crippen molar-refractivity contribution in [1.29, 1.82) is 0 Å². The first-order valence-electron chi connectivity index (χ1n) is 14.1. The zero-order valence-electron chi connectivity index (χ0n) is 24.6. The first kappa shape index (κ1) is 29.4. The number of aldehydes is 1. The lowest BCUT2D eigenvalue weighted by Crippen LogP contribution is -2.56. The summed E-state index contributed by atoms with van der Waals surface area (Å²) in [5, 5.41) is 7.82. The van der Waals surface area contributed by atoms with E-state index in [0.29, 0.717) is 24.1 Å². The van der Waals surface area contributed by atoms with Crippen LogP contribution in [0.15, 0.2) is 66.5 Å². The van der Waals surface area contributed by atoms with Crippen molar-refractivity contribution in [3.63, 3.8) is 0 Å². The number of carbonyl (C=O) groups excluding carboxylic acids is 1. The fraction of sp³-hybridized carbons (Fsp3) is 0.484. The fourth-order valence-electron chi connectivity index (χ4n) is 5.53. The third-order valence-corrected chi connectivity index (χ3v) is 7.87. The molecule has 2 saturated heterocycles. The van der Waals surface area contributed by atoms with Crippen LogP contribution in [0.25, 0.3) is 11.1 Å². The molecule has 0 spiro atoms. The second-order valence-corrected chi connectivity index (χ2v) is 11.2. The molecule has 9 heteroatoms. The Balaban J connectivity index is 0.000000867. The molecule has 1 N–H and O–H groups in total. The molecule has 0 bridgehead atoms. The standard InChI is InChI=1S/C28H39N7O.C3H4O/c1-7-24-25(15-30-19(2)21-17-35(18-21)22-9-12-33(5)13-10-22)36-28(3,4)26-23(8-11-29-27(26)32-24)20-14-31-34(6)16-20;1-2-3-4/h8,11,14-16,21-22,30H,2,7,9-10,12-13,17-18H2,1,3-6H3;2-3H,1H2/b25-15+;. The molecule has 0 aromatic carbocycles. The fourth-order valence-corrected chi connectivity index (χ4v) is 5.53. The molecule has 0 atom stereocenters. The van der Waals surface area contributed by atoms with E-state index in [1.807, 2.05) is 42.6 Å². The van der Waals surface area contributed by atoms with Gasteiger partial charge >= 0.3 is 0 Å². The minimum Gasteiger partial charge on any atom is -0.480 e. The van der Waals surface area contributed by atoms with Crippen LogP contribution < -0.4 is 5.32 Å². The van der Waals surface area contributed by atoms with Crippen LogP contribution in [0.2, 0.25) is 0 Å². The summed E-state index contributed by atoms with van der Waals surface area (Å²) in [6.45, 7) is 18.3. The first-order valence-corrected chi connectivity index (χ1v) is 14.1. The number of carbonyl (C=O) groups is 1. The van der Waals surface area contributed by atoms with Crippen molar-refractivity contribution in [3.8, 4) is 11.1 Å². The van der Waals surface area contributed by atoms with Crippen LogP contribution in [0.3, 0.4) is 0 Å². The summed E-state index contributed by atoms with van der Waals surface area (Å²) >= 11 is 0. The Bertz CT molecular complexity index is 1270. The monoisotopic (exact) mass is 545 g/mol. The van der Waals surface area contributed by atoms with Gasteiger partial charge in [0, 0.05) is 67.5 Å². The number of likely N-dealkylation sites (tertiary alicyclic amines) is 2. The van der Waals surface area contributed by atoms with Crippen LogP contribution in [0, 0.1) is 5.92 Å². The van der Waals surface area contributed by atoms with E-state index in [2.05, 4.69) is 66.2 Å². The molecular weight excluding hydrogens is 502 g/mol. The van der Waals surface area contributed by atoms with Crippen LogP contribution in [0.4, 0.5) is 5.82 Å². The molecule has 5 heterocycles. The summed E-state index contributed by atoms with van der Waals surface area (Å²) in [7, 11) is 4.14. The number of ether oxygens (including phenoxy) is 1. The Hall–Kier alpha value is -3.56. The van der Waals surface area contributed by atoms with Gasteiger partial charge in [-0.1, -0.05) is 20.1 Å². The van der Waals surface area contributed by atoms with Gasteiger partial charge in [-0.25, -0.2) is 9.98 Å². The summed E-state index contributed by atoms with van der Waals surface area (Å²) in [4.78, 5) is 23.7. The van der Waals surface area contributed by atoms with Gasteiger partial charge in [0.25, 0.3) is 0 Å². The van der Waals surface area contributed by atoms with Gasteiger partial charge in [0.1, 0.15) is 11.9 Å². The third-order valence-electron chi connectivity index (χ3n) is 7.87. The Morgan fingerprint density at radius 1 is 1.25 bits per heavy atom. The second-order valence-electron chi connectivity index (χ2n) is 11.2. The number of hydrogen-bond acceptors (Lipinski definition) is 8. The zero-order chi connectivity index (χ0) is 28.9. The summed E-state index contributed by atoms with van der Waals surface area (Å²) in [5.41, 5.74) is 4.32. The molecule has 9 nitrogen and oxygen atoms in total. The van der Waals surface area contributed by atoms with Crippen LogP contribution in [0.5, 0.6) is 0 Å². The van der Waals surface area contributed by atoms with Crippen molar-refractivity contribution in [2.75, 3.05) is 33.2 Å². The number of nitrogens with one attached hydrogen (secondary N) is 1. The Morgan fingerprint density at radius 2 is 1.95 bits per heavy atom. The average molecular weight is 546 g/mol. The van der Waals surface area contributed by atoms with Gasteiger partial charge in [0.05, 0.1) is 11.9 Å². The topological polar surface area (TPSA) is 87.9 Å². The molecule has 214 valence electrons. The van der Waals surface area contributed by atoms with Crippen molar-refractivity contribution in [2.45, 2.75) is 51.7 Å². The number of aromatic nitrogens is 3. The quantitative estimate of drug-likeness (QED) is 0.403. The number of pyridine rings is 1. The summed E-state index contributed by atoms with van der Waals surface area (Å²) in [5.74, 6) is 1.90. The lowest BCUT2D eigenvalue weighted by atomic mass is 9.91. The van der Waals surface area contributed by atoms with Crippen LogP contribution in [0.1, 0.15) is 45.6 Å². The maximum absolute atomic E-state index is 9.06. The normalized spacial score (nSPS) is 20.6. The Labute approximate surface area is 238 Å². The number of rotatable bonds is 7. The van der Waals surface area contributed by atoms with Crippen molar-refractivity contribution in [1.82, 2.24) is 29.9 Å². The predicted octanol–water partition coefficient (Wildman–Crippen LogP) is 4.57. The van der Waals surface area contributed by atoms with E-state index in [-0.39, 0.29) is 0 Å². The van der Waals surface area contributed by atoms with E-state index >= 15 is 0 Å². The molecule has 3 aliphatic rings. The molecule has 0 aliphatic carbocycles. The number of fused-ring (bicyclic) bond motifs is 1. The molecule has 40 heavy (non-hydrogen) atoms. The molecule has 3 aliphatic heterocycles. The minimum absolute atomic E-state index is 0.457. The maximum atomic E-state index is 9.06. The molecule has 5 rings (SSSR count). The van der Waals surface area contributed by atoms with Crippen molar-refractivity contribution < 1.29 is 9.53 Å². The summed E-state index contributed by atoms with van der Waals surface area (Å²) in [6, 6.07) is 2.73. The van der Waals surface area contributed by atoms with Crippen LogP contribution >= 0.6 is 0 Å². The van der Waals surface area contributed by atoms with Gasteiger partial charge in [-0.2, -0.15) is 5.10 Å². The molecule has 0 amide bonds. The maximum Gasteiger partial charge on any atom is 0.160 e. The van der Waals surface area contributed by atoms with Crippen LogP contribution in [-0.2, 0) is 22.2 Å². The van der Waals surface area contributed by atoms with Crippen molar-refractivity contribution >= 4 is 17.8 Å². The van der Waals surface area contributed by atoms with Crippen molar-refractivity contribution in [2.24, 2.45) is 18.0 Å². The number of allylic oxidation sites excluding steroid dienone is 2. The highest BCUT2D eigenvalue weighted by molar-refractivity contribution is 6.00. The number of aryl methyl sites for hydroxylation is 1. The van der Waals surface area contributed by atoms with Crippen LogP contribution in [-0.4, -0.2) is 75.8 Å². The molecule has 0 radical (unpaired) electrons. The highest BCUT2D eigenvalue weighted by atomic mass is 16.5. The van der Waals surface area contributed by atoms with Gasteiger partial charge in [-0.3, -0.25) is 14.4 Å². The largest absolute Gasteiger partial charge is 0.480 e. The number of hydrogen-bond donors (Lipinski definition) is 1. The molecular formula is C31H43N7O2. The predicted molar refractivity (Wildman–Crippen MR) is 160 cm³/mol. The number of nitrogens with zero attached hydrogens (tertiary/aromatic N) is 6. The summed E-state index contributed by atoms with van der Waals surface area (Å²) < 4.78 is 8.46. The van der Waals surface area contributed by atoms with E-state index in [4.69, 9.17) is 14.5 Å². The zero-order valence-corrected chi connectivity index (χ0v) is 24.6. The van der Waals surface area contributed by atoms with E-state index in [1.165, 1.54) is 32.0 Å². The molecule has 2 fully saturated rings. The second kappa shape index (κ2) is 12.7. The third kappa shape index (κ3) is 6.59. The van der Waals surface area contributed by atoms with E-state index < -0.39 is 5.60 Å². The SMILES string of the molecule is C=C(N/C=C1/OC(C)(C)c2c(-c3cnn(C)c3)ccnc2N=C1CC)C1CN(C2CCN(C)CC2)C1.C=CC=O. The van der Waals surface area contributed by atoms with Gasteiger partial charge < -0.3 is 15.0 Å². The van der Waals surface area contributed by atoms with Gasteiger partial charge in [0.2, 0.25) is 0 Å². The smallest absolute Gasteiger partial charge is 0.160 e. The van der Waals surface area contributed by atoms with E-state index in [0.717, 1.165) is 53.4 Å². The summed E-state index contributed by atoms with van der Waals surface area (Å²) in [6.07, 6.45) is 12.7. The average Bonchev–Trinajstić information content (AvgIpc) is 3.31. The highest BCUT2D eigenvalue weighted by Crippen LogP contribution is 2.43. The first-order chi connectivity index (χ1) is 19.2. The molecule has 2 aromatic heterocycles. The lowest BCUT2D eigenvalue weighted by Gasteiger charge is -2.47. The Kier molecular flexibility index (Phi) is 9.37. The molecule has 2 aromatic rings. The Morgan fingerprint density at radius 3 is 2.55 bits per heavy atom. The van der Waals surface area contributed by atoms with Gasteiger partial charge in [-0.15, -0.1) is 0 Å². The number of aliphatic imine (C=N–C) groups is 1. The highest BCUT2D eigenvalue weighted by Gasteiger charge is 2.36. The van der Waals surface area contributed by atoms with E-state index in [1.54, 1.807) is 0 Å². The van der Waals surface area contributed by atoms with Gasteiger partial charge in [-0.05, 0) is 71.0 Å². The van der Waals surface area contributed by atoms with Gasteiger partial charge in [0.15, 0.2) is 11.6 Å². The minimum atomic E-state index is -0.633. The molecule has 0 unspecified atom stereocenters. The molecule has 0 saturated carbocycles. The van der Waals surface area contributed by atoms with Crippen molar-refractivity contribution in [3.05, 3.63) is 67.1 Å². The lowest BCUT2D eigenvalue weighted by molar-refractivity contribution is -0.104. The number of piperidine rings is 1. The van der Waals surface area contributed by atoms with E-state index in [9.17, 15) is 0 Å².